The summed E-state index contributed by atoms with van der Waals surface area (Å²) in [5.74, 6) is -3.97. The normalized spacial score (nSPS) is 13.4. The molecule has 1 aliphatic rings. The van der Waals surface area contributed by atoms with Gasteiger partial charge in [0, 0.05) is 10.9 Å². The lowest BCUT2D eigenvalue weighted by molar-refractivity contribution is -0.140. The predicted molar refractivity (Wildman–Crippen MR) is 74.5 cm³/mol. The molecule has 3 N–H and O–H groups in total. The minimum atomic E-state index is -0.984. The summed E-state index contributed by atoms with van der Waals surface area (Å²) in [4.78, 5) is 34.1. The van der Waals surface area contributed by atoms with Gasteiger partial charge in [0.2, 0.25) is 5.91 Å². The SMILES string of the molecule is O=C(CSc1cc(F)ccc1F)NNC(=O)C(=O)NC1CC1. The molecule has 0 atom stereocenters. The number of carbonyl (C=O) groups excluding carboxylic acids is 3. The van der Waals surface area contributed by atoms with Crippen LogP contribution in [0.4, 0.5) is 8.78 Å². The summed E-state index contributed by atoms with van der Waals surface area (Å²) in [5.41, 5.74) is 3.97. The molecule has 0 heterocycles. The fourth-order valence-electron chi connectivity index (χ4n) is 1.43. The second-order valence-corrected chi connectivity index (χ2v) is 5.63. The number of benzene rings is 1. The van der Waals surface area contributed by atoms with Crippen LogP contribution in [0.2, 0.25) is 0 Å². The molecule has 1 aromatic carbocycles. The van der Waals surface area contributed by atoms with Crippen LogP contribution >= 0.6 is 11.8 Å². The number of amides is 3. The lowest BCUT2D eigenvalue weighted by Gasteiger charge is -2.07. The van der Waals surface area contributed by atoms with E-state index in [0.717, 1.165) is 42.8 Å². The Morgan fingerprint density at radius 2 is 1.86 bits per heavy atom. The molecule has 6 nitrogen and oxygen atoms in total. The molecule has 0 spiro atoms. The second kappa shape index (κ2) is 7.21. The Morgan fingerprint density at radius 1 is 1.14 bits per heavy atom. The fraction of sp³-hybridized carbons (Fsp3) is 0.308. The largest absolute Gasteiger partial charge is 0.345 e. The number of hydrogen-bond donors (Lipinski definition) is 3. The zero-order valence-electron chi connectivity index (χ0n) is 11.3. The number of nitrogens with one attached hydrogen (secondary N) is 3. The fourth-order valence-corrected chi connectivity index (χ4v) is 2.19. The average molecular weight is 329 g/mol. The molecule has 0 unspecified atom stereocenters. The van der Waals surface area contributed by atoms with Gasteiger partial charge in [0.05, 0.1) is 5.75 Å². The van der Waals surface area contributed by atoms with Crippen molar-refractivity contribution in [2.24, 2.45) is 0 Å². The molecule has 0 saturated heterocycles. The van der Waals surface area contributed by atoms with E-state index in [1.165, 1.54) is 0 Å². The van der Waals surface area contributed by atoms with Crippen LogP contribution in [0.15, 0.2) is 23.1 Å². The van der Waals surface area contributed by atoms with E-state index in [-0.39, 0.29) is 16.7 Å². The lowest BCUT2D eigenvalue weighted by atomic mass is 10.3. The number of thioether (sulfide) groups is 1. The van der Waals surface area contributed by atoms with Crippen molar-refractivity contribution in [2.45, 2.75) is 23.8 Å². The molecular weight excluding hydrogens is 316 g/mol. The molecule has 0 aliphatic heterocycles. The molecule has 1 saturated carbocycles. The first-order valence-electron chi connectivity index (χ1n) is 6.43. The van der Waals surface area contributed by atoms with E-state index in [9.17, 15) is 23.2 Å². The van der Waals surface area contributed by atoms with Gasteiger partial charge in [-0.05, 0) is 31.0 Å². The van der Waals surface area contributed by atoms with Gasteiger partial charge in [-0.25, -0.2) is 8.78 Å². The van der Waals surface area contributed by atoms with Crippen molar-refractivity contribution < 1.29 is 23.2 Å². The summed E-state index contributed by atoms with van der Waals surface area (Å²) < 4.78 is 26.3. The smallest absolute Gasteiger partial charge is 0.327 e. The van der Waals surface area contributed by atoms with Gasteiger partial charge >= 0.3 is 11.8 Å². The highest BCUT2D eigenvalue weighted by molar-refractivity contribution is 8.00. The predicted octanol–water partition coefficient (Wildman–Crippen LogP) is 0.483. The maximum Gasteiger partial charge on any atom is 0.327 e. The standard InChI is InChI=1S/C13H13F2N3O3S/c14-7-1-4-9(15)10(5-7)22-6-11(19)17-18-13(21)12(20)16-8-2-3-8/h1,4-5,8H,2-3,6H2,(H,16,20)(H,17,19)(H,18,21). The van der Waals surface area contributed by atoms with E-state index in [1.807, 2.05) is 10.9 Å². The Bertz CT molecular complexity index is 608. The van der Waals surface area contributed by atoms with Crippen molar-refractivity contribution in [2.75, 3.05) is 5.75 Å². The van der Waals surface area contributed by atoms with Crippen molar-refractivity contribution in [1.29, 1.82) is 0 Å². The monoisotopic (exact) mass is 329 g/mol. The van der Waals surface area contributed by atoms with Crippen LogP contribution in [0.3, 0.4) is 0 Å². The van der Waals surface area contributed by atoms with E-state index in [4.69, 9.17) is 0 Å². The molecule has 1 fully saturated rings. The van der Waals surface area contributed by atoms with Gasteiger partial charge in [-0.15, -0.1) is 11.8 Å². The first-order valence-corrected chi connectivity index (χ1v) is 7.42. The molecule has 2 rings (SSSR count). The second-order valence-electron chi connectivity index (χ2n) is 4.61. The van der Waals surface area contributed by atoms with Crippen LogP contribution in [0, 0.1) is 11.6 Å². The maximum absolute atomic E-state index is 13.3. The van der Waals surface area contributed by atoms with Crippen molar-refractivity contribution in [3.05, 3.63) is 29.8 Å². The zero-order valence-corrected chi connectivity index (χ0v) is 12.1. The Hall–Kier alpha value is -2.16. The van der Waals surface area contributed by atoms with Crippen LogP contribution in [0.1, 0.15) is 12.8 Å². The molecular formula is C13H13F2N3O3S. The van der Waals surface area contributed by atoms with Crippen LogP contribution in [-0.2, 0) is 14.4 Å². The summed E-state index contributed by atoms with van der Waals surface area (Å²) in [6.07, 6.45) is 1.67. The van der Waals surface area contributed by atoms with Gasteiger partial charge in [0.15, 0.2) is 0 Å². The van der Waals surface area contributed by atoms with E-state index < -0.39 is 29.4 Å². The van der Waals surface area contributed by atoms with Crippen molar-refractivity contribution >= 4 is 29.5 Å². The van der Waals surface area contributed by atoms with Gasteiger partial charge < -0.3 is 5.32 Å². The Labute approximate surface area is 129 Å². The zero-order chi connectivity index (χ0) is 16.1. The van der Waals surface area contributed by atoms with E-state index in [0.29, 0.717) is 0 Å². The highest BCUT2D eigenvalue weighted by Gasteiger charge is 2.26. The first kappa shape index (κ1) is 16.2. The molecule has 0 radical (unpaired) electrons. The molecule has 0 aromatic heterocycles. The number of carbonyl (C=O) groups is 3. The van der Waals surface area contributed by atoms with Crippen molar-refractivity contribution in [1.82, 2.24) is 16.2 Å². The van der Waals surface area contributed by atoms with Gasteiger partial charge in [-0.2, -0.15) is 0 Å². The van der Waals surface area contributed by atoms with Gasteiger partial charge in [-0.3, -0.25) is 25.2 Å². The van der Waals surface area contributed by atoms with Crippen molar-refractivity contribution in [3.63, 3.8) is 0 Å². The molecule has 3 amide bonds. The Morgan fingerprint density at radius 3 is 2.55 bits per heavy atom. The first-order chi connectivity index (χ1) is 10.5. The summed E-state index contributed by atoms with van der Waals surface area (Å²) in [6.45, 7) is 0. The third-order valence-electron chi connectivity index (χ3n) is 2.69. The van der Waals surface area contributed by atoms with Crippen LogP contribution in [0.5, 0.6) is 0 Å². The Kier molecular flexibility index (Phi) is 5.31. The van der Waals surface area contributed by atoms with E-state index >= 15 is 0 Å². The molecule has 9 heteroatoms. The van der Waals surface area contributed by atoms with Gasteiger partial charge in [0.25, 0.3) is 0 Å². The number of hydrazine groups is 1. The van der Waals surface area contributed by atoms with Crippen LogP contribution in [0.25, 0.3) is 0 Å². The van der Waals surface area contributed by atoms with E-state index in [2.05, 4.69) is 5.32 Å². The third kappa shape index (κ3) is 4.99. The molecule has 1 aromatic rings. The molecule has 0 bridgehead atoms. The number of halogens is 2. The quantitative estimate of drug-likeness (QED) is 0.426. The number of hydrogen-bond acceptors (Lipinski definition) is 4. The maximum atomic E-state index is 13.3. The highest BCUT2D eigenvalue weighted by Crippen LogP contribution is 2.22. The summed E-state index contributed by atoms with van der Waals surface area (Å²) in [5, 5.41) is 2.45. The van der Waals surface area contributed by atoms with Crippen molar-refractivity contribution in [3.8, 4) is 0 Å². The van der Waals surface area contributed by atoms with Crippen LogP contribution < -0.4 is 16.2 Å². The minimum absolute atomic E-state index is 0.0204. The highest BCUT2D eigenvalue weighted by atomic mass is 32.2. The third-order valence-corrected chi connectivity index (χ3v) is 3.72. The molecule has 118 valence electrons. The van der Waals surface area contributed by atoms with E-state index in [1.54, 1.807) is 0 Å². The number of rotatable bonds is 4. The minimum Gasteiger partial charge on any atom is -0.345 e. The topological polar surface area (TPSA) is 87.3 Å². The molecule has 22 heavy (non-hydrogen) atoms. The Balaban J connectivity index is 1.72. The summed E-state index contributed by atoms with van der Waals surface area (Å²) in [7, 11) is 0. The van der Waals surface area contributed by atoms with Gasteiger partial charge in [-0.1, -0.05) is 0 Å². The summed E-state index contributed by atoms with van der Waals surface area (Å²) >= 11 is 0.771. The lowest BCUT2D eigenvalue weighted by Crippen LogP contribution is -2.49. The average Bonchev–Trinajstić information content (AvgIpc) is 3.29. The van der Waals surface area contributed by atoms with Gasteiger partial charge in [0.1, 0.15) is 11.6 Å². The summed E-state index contributed by atoms with van der Waals surface area (Å²) in [6, 6.07) is 2.92. The molecule has 1 aliphatic carbocycles. The van der Waals surface area contributed by atoms with Crippen LogP contribution in [-0.4, -0.2) is 29.5 Å².